The third kappa shape index (κ3) is 4.33. The molecule has 0 spiro atoms. The van der Waals surface area contributed by atoms with Gasteiger partial charge >= 0.3 is 0 Å². The molecule has 0 fully saturated rings. The zero-order valence-electron chi connectivity index (χ0n) is 30.2. The molecule has 0 saturated heterocycles. The first-order chi connectivity index (χ1) is 25.8. The van der Waals surface area contributed by atoms with Crippen molar-refractivity contribution in [2.75, 3.05) is 0 Å². The van der Waals surface area contributed by atoms with Gasteiger partial charge in [-0.25, -0.2) is 15.0 Å². The highest BCUT2D eigenvalue weighted by molar-refractivity contribution is 7.26. The number of hydrogen-bond donors (Lipinski definition) is 0. The molecule has 0 unspecified atom stereocenters. The standard InChI is InChI=1S/C43H25N3OS/c1-3-10-26(11-4-1)29-19-21-32-33-22-20-30(25-37(33)47-36(32)24-29)42-44-41(28-13-5-2-6-14-28)45-43(46-42)35-16-9-17-38-39(35)34-23-18-27-12-7-8-15-31(27)40(34)48-38/h1-25H/i7D,8D,9D,12D,16D. The summed E-state index contributed by atoms with van der Waals surface area (Å²) >= 11 is 1.44. The van der Waals surface area contributed by atoms with Gasteiger partial charge in [0.1, 0.15) is 11.2 Å². The van der Waals surface area contributed by atoms with Crippen LogP contribution >= 0.6 is 11.3 Å². The molecule has 3 aromatic heterocycles. The van der Waals surface area contributed by atoms with E-state index in [1.54, 1.807) is 18.2 Å². The molecule has 0 aliphatic carbocycles. The van der Waals surface area contributed by atoms with E-state index in [0.717, 1.165) is 53.2 Å². The molecule has 0 aliphatic heterocycles. The second kappa shape index (κ2) is 10.7. The highest BCUT2D eigenvalue weighted by atomic mass is 32.1. The fourth-order valence-electron chi connectivity index (χ4n) is 6.49. The lowest BCUT2D eigenvalue weighted by Gasteiger charge is -2.09. The smallest absolute Gasteiger partial charge is 0.164 e. The fraction of sp³-hybridized carbons (Fsp3) is 0. The van der Waals surface area contributed by atoms with Crippen molar-refractivity contribution < 1.29 is 11.3 Å². The lowest BCUT2D eigenvalue weighted by atomic mass is 10.0. The van der Waals surface area contributed by atoms with Crippen LogP contribution in [0.5, 0.6) is 0 Å². The van der Waals surface area contributed by atoms with Crippen molar-refractivity contribution in [3.63, 3.8) is 0 Å². The van der Waals surface area contributed by atoms with Crippen molar-refractivity contribution in [3.8, 4) is 45.3 Å². The van der Waals surface area contributed by atoms with Gasteiger partial charge in [-0.2, -0.15) is 0 Å². The van der Waals surface area contributed by atoms with Gasteiger partial charge in [0.25, 0.3) is 0 Å². The summed E-state index contributed by atoms with van der Waals surface area (Å²) in [4.78, 5) is 14.9. The van der Waals surface area contributed by atoms with Gasteiger partial charge in [0.2, 0.25) is 0 Å². The Labute approximate surface area is 286 Å². The lowest BCUT2D eigenvalue weighted by Crippen LogP contribution is -2.00. The molecule has 48 heavy (non-hydrogen) atoms. The third-order valence-electron chi connectivity index (χ3n) is 8.79. The van der Waals surface area contributed by atoms with Gasteiger partial charge < -0.3 is 4.42 Å². The second-order valence-corrected chi connectivity index (χ2v) is 12.7. The predicted molar refractivity (Wildman–Crippen MR) is 199 cm³/mol. The zero-order valence-corrected chi connectivity index (χ0v) is 26.0. The molecular formula is C43H25N3OS. The van der Waals surface area contributed by atoms with E-state index in [2.05, 4.69) is 30.3 Å². The topological polar surface area (TPSA) is 51.8 Å². The minimum absolute atomic E-state index is 0.00195. The zero-order chi connectivity index (χ0) is 36.0. The van der Waals surface area contributed by atoms with Crippen molar-refractivity contribution in [2.24, 2.45) is 0 Å². The van der Waals surface area contributed by atoms with Gasteiger partial charge in [-0.15, -0.1) is 11.3 Å². The van der Waals surface area contributed by atoms with E-state index in [1.807, 2.05) is 72.8 Å². The van der Waals surface area contributed by atoms with E-state index in [9.17, 15) is 1.37 Å². The van der Waals surface area contributed by atoms with E-state index in [4.69, 9.17) is 24.9 Å². The van der Waals surface area contributed by atoms with Crippen molar-refractivity contribution in [1.82, 2.24) is 15.0 Å². The molecule has 224 valence electrons. The molecule has 7 aromatic carbocycles. The largest absolute Gasteiger partial charge is 0.456 e. The van der Waals surface area contributed by atoms with Crippen LogP contribution in [0.15, 0.2) is 156 Å². The minimum atomic E-state index is -0.121. The molecule has 0 radical (unpaired) electrons. The Bertz CT molecular complexity index is 3130. The van der Waals surface area contributed by atoms with Crippen LogP contribution in [0.3, 0.4) is 0 Å². The molecule has 0 saturated carbocycles. The Morgan fingerprint density at radius 1 is 0.500 bits per heavy atom. The average Bonchev–Trinajstić information content (AvgIpc) is 3.75. The van der Waals surface area contributed by atoms with Crippen molar-refractivity contribution in [3.05, 3.63) is 152 Å². The maximum atomic E-state index is 9.20. The molecule has 0 bridgehead atoms. The van der Waals surface area contributed by atoms with Crippen LogP contribution in [-0.4, -0.2) is 15.0 Å². The number of aromatic nitrogens is 3. The van der Waals surface area contributed by atoms with Gasteiger partial charge in [-0.3, -0.25) is 0 Å². The molecule has 10 rings (SSSR count). The van der Waals surface area contributed by atoms with Crippen molar-refractivity contribution in [1.29, 1.82) is 0 Å². The summed E-state index contributed by atoms with van der Waals surface area (Å²) in [5.41, 5.74) is 5.54. The number of nitrogens with zero attached hydrogens (tertiary/aromatic N) is 3. The first-order valence-corrected chi connectivity index (χ1v) is 16.3. The van der Waals surface area contributed by atoms with Crippen LogP contribution < -0.4 is 0 Å². The molecule has 0 amide bonds. The van der Waals surface area contributed by atoms with Gasteiger partial charge in [0.15, 0.2) is 17.5 Å². The fourth-order valence-corrected chi connectivity index (χ4v) is 7.70. The van der Waals surface area contributed by atoms with Crippen LogP contribution in [0.25, 0.3) is 98.2 Å². The quantitative estimate of drug-likeness (QED) is 0.193. The monoisotopic (exact) mass is 636 g/mol. The van der Waals surface area contributed by atoms with Crippen LogP contribution in [0.2, 0.25) is 0 Å². The molecular weight excluding hydrogens is 607 g/mol. The number of benzene rings is 7. The summed E-state index contributed by atoms with van der Waals surface area (Å²) in [7, 11) is 0. The van der Waals surface area contributed by atoms with E-state index in [1.165, 1.54) is 11.3 Å². The summed E-state index contributed by atoms with van der Waals surface area (Å²) in [6.07, 6.45) is 0. The first-order valence-electron chi connectivity index (χ1n) is 18.0. The van der Waals surface area contributed by atoms with E-state index in [-0.39, 0.29) is 36.0 Å². The van der Waals surface area contributed by atoms with Crippen molar-refractivity contribution in [2.45, 2.75) is 0 Å². The number of fused-ring (bicyclic) bond motifs is 8. The molecule has 10 aromatic rings. The maximum Gasteiger partial charge on any atom is 0.164 e. The van der Waals surface area contributed by atoms with Gasteiger partial charge in [-0.05, 0) is 52.2 Å². The van der Waals surface area contributed by atoms with Crippen LogP contribution in [-0.2, 0) is 0 Å². The predicted octanol–water partition coefficient (Wildman–Crippen LogP) is 12.0. The van der Waals surface area contributed by atoms with Gasteiger partial charge in [-0.1, -0.05) is 121 Å². The maximum absolute atomic E-state index is 9.20. The number of thiophene rings is 1. The summed E-state index contributed by atoms with van der Waals surface area (Å²) in [6.45, 7) is 0. The van der Waals surface area contributed by atoms with E-state index >= 15 is 0 Å². The Morgan fingerprint density at radius 3 is 1.96 bits per heavy atom. The molecule has 5 heteroatoms. The summed E-state index contributed by atoms with van der Waals surface area (Å²) in [5.74, 6) is 1.09. The number of rotatable bonds is 4. The minimum Gasteiger partial charge on any atom is -0.456 e. The van der Waals surface area contributed by atoms with Crippen LogP contribution in [0, 0.1) is 0 Å². The Balaban J connectivity index is 1.20. The third-order valence-corrected chi connectivity index (χ3v) is 9.98. The normalized spacial score (nSPS) is 13.2. The van der Waals surface area contributed by atoms with Gasteiger partial charge in [0, 0.05) is 47.6 Å². The van der Waals surface area contributed by atoms with Crippen LogP contribution in [0.4, 0.5) is 0 Å². The molecule has 0 aliphatic rings. The van der Waals surface area contributed by atoms with Crippen molar-refractivity contribution >= 4 is 64.2 Å². The molecule has 4 nitrogen and oxygen atoms in total. The molecule has 0 N–H and O–H groups in total. The Morgan fingerprint density at radius 2 is 1.17 bits per heavy atom. The highest BCUT2D eigenvalue weighted by Gasteiger charge is 2.19. The van der Waals surface area contributed by atoms with Gasteiger partial charge in [0.05, 0.1) is 6.85 Å². The lowest BCUT2D eigenvalue weighted by molar-refractivity contribution is 0.669. The molecule has 0 atom stereocenters. The number of hydrogen-bond acceptors (Lipinski definition) is 5. The van der Waals surface area contributed by atoms with Crippen LogP contribution in [0.1, 0.15) is 6.85 Å². The molecule has 3 heterocycles. The first kappa shape index (κ1) is 22.4. The Kier molecular flexibility index (Phi) is 4.98. The van der Waals surface area contributed by atoms with E-state index in [0.29, 0.717) is 39.1 Å². The Hall–Kier alpha value is -6.17. The summed E-state index contributed by atoms with van der Waals surface area (Å²) in [5, 5.41) is 4.77. The average molecular weight is 637 g/mol. The summed E-state index contributed by atoms with van der Waals surface area (Å²) in [6, 6.07) is 38.8. The highest BCUT2D eigenvalue weighted by Crippen LogP contribution is 2.43. The SMILES string of the molecule is [2H]c1cc2c(ccc3c2sc2cc([2H])c([2H])c(-c4nc(-c5ccccc5)nc(-c5ccc6c(c5)oc5cc(-c7ccccc7)ccc56)n4)c23)c([2H])c1[2H]. The number of furan rings is 1. The van der Waals surface area contributed by atoms with E-state index < -0.39 is 0 Å². The second-order valence-electron chi connectivity index (χ2n) is 11.6. The summed E-state index contributed by atoms with van der Waals surface area (Å²) < 4.78 is 51.1.